The molecule has 2 nitrogen and oxygen atoms in total. The standard InChI is InChI=1S/C12H16N2/c1-2-5-9-8-11(13)10-6-3-4-7-12(10)14-9/h2-4,6-7,9,11,14H,1,5,8,13H2/t9-,11+/m0/s1. The molecule has 3 N–H and O–H groups in total. The maximum absolute atomic E-state index is 6.09. The van der Waals surface area contributed by atoms with Crippen LogP contribution in [0.1, 0.15) is 24.4 Å². The van der Waals surface area contributed by atoms with Crippen LogP contribution in [0.4, 0.5) is 5.69 Å². The summed E-state index contributed by atoms with van der Waals surface area (Å²) in [5, 5.41) is 3.48. The molecule has 1 heterocycles. The summed E-state index contributed by atoms with van der Waals surface area (Å²) in [5.74, 6) is 0. The van der Waals surface area contributed by atoms with Crippen LogP contribution in [0.25, 0.3) is 0 Å². The van der Waals surface area contributed by atoms with Crippen molar-refractivity contribution in [3.8, 4) is 0 Å². The van der Waals surface area contributed by atoms with Gasteiger partial charge in [0.1, 0.15) is 0 Å². The van der Waals surface area contributed by atoms with Crippen LogP contribution in [0, 0.1) is 0 Å². The molecule has 0 radical (unpaired) electrons. The van der Waals surface area contributed by atoms with E-state index in [1.165, 1.54) is 11.3 Å². The predicted octanol–water partition coefficient (Wildman–Crippen LogP) is 2.45. The molecular formula is C12H16N2. The molecule has 2 rings (SSSR count). The number of rotatable bonds is 2. The van der Waals surface area contributed by atoms with Crippen LogP contribution in [-0.4, -0.2) is 6.04 Å². The normalized spacial score (nSPS) is 24.9. The molecule has 1 aliphatic heterocycles. The molecule has 1 aromatic carbocycles. The van der Waals surface area contributed by atoms with Crippen molar-refractivity contribution in [3.63, 3.8) is 0 Å². The molecule has 74 valence electrons. The summed E-state index contributed by atoms with van der Waals surface area (Å²) >= 11 is 0. The summed E-state index contributed by atoms with van der Waals surface area (Å²) < 4.78 is 0. The smallest absolute Gasteiger partial charge is 0.0390 e. The predicted molar refractivity (Wildman–Crippen MR) is 60.2 cm³/mol. The van der Waals surface area contributed by atoms with E-state index in [9.17, 15) is 0 Å². The topological polar surface area (TPSA) is 38.0 Å². The highest BCUT2D eigenvalue weighted by atomic mass is 14.9. The summed E-state index contributed by atoms with van der Waals surface area (Å²) in [5.41, 5.74) is 8.50. The van der Waals surface area contributed by atoms with Gasteiger partial charge in [0.15, 0.2) is 0 Å². The lowest BCUT2D eigenvalue weighted by molar-refractivity contribution is 0.546. The number of benzene rings is 1. The van der Waals surface area contributed by atoms with Gasteiger partial charge in [-0.25, -0.2) is 0 Å². The SMILES string of the molecule is C=CC[C@H]1C[C@@H](N)c2ccccc2N1. The molecule has 0 saturated carbocycles. The van der Waals surface area contributed by atoms with Gasteiger partial charge in [-0.15, -0.1) is 6.58 Å². The van der Waals surface area contributed by atoms with E-state index in [2.05, 4.69) is 24.0 Å². The summed E-state index contributed by atoms with van der Waals surface area (Å²) in [6.07, 6.45) is 3.91. The van der Waals surface area contributed by atoms with Crippen molar-refractivity contribution in [3.05, 3.63) is 42.5 Å². The first-order valence-electron chi connectivity index (χ1n) is 5.03. The highest BCUT2D eigenvalue weighted by molar-refractivity contribution is 5.55. The van der Waals surface area contributed by atoms with Crippen LogP contribution in [0.3, 0.4) is 0 Å². The third-order valence-corrected chi connectivity index (χ3v) is 2.71. The van der Waals surface area contributed by atoms with E-state index in [1.807, 2.05) is 18.2 Å². The Labute approximate surface area is 84.8 Å². The van der Waals surface area contributed by atoms with Crippen molar-refractivity contribution < 1.29 is 0 Å². The molecular weight excluding hydrogens is 172 g/mol. The average molecular weight is 188 g/mol. The Morgan fingerprint density at radius 1 is 1.50 bits per heavy atom. The minimum absolute atomic E-state index is 0.164. The van der Waals surface area contributed by atoms with E-state index < -0.39 is 0 Å². The quantitative estimate of drug-likeness (QED) is 0.700. The second-order valence-electron chi connectivity index (χ2n) is 3.80. The Hall–Kier alpha value is -1.28. The van der Waals surface area contributed by atoms with Crippen LogP contribution >= 0.6 is 0 Å². The number of hydrogen-bond donors (Lipinski definition) is 2. The Bertz CT molecular complexity index is 333. The van der Waals surface area contributed by atoms with Gasteiger partial charge in [0.05, 0.1) is 0 Å². The largest absolute Gasteiger partial charge is 0.382 e. The number of para-hydroxylation sites is 1. The first-order chi connectivity index (χ1) is 6.81. The van der Waals surface area contributed by atoms with Gasteiger partial charge in [-0.1, -0.05) is 24.3 Å². The fraction of sp³-hybridized carbons (Fsp3) is 0.333. The van der Waals surface area contributed by atoms with Crippen LogP contribution < -0.4 is 11.1 Å². The van der Waals surface area contributed by atoms with Gasteiger partial charge >= 0.3 is 0 Å². The van der Waals surface area contributed by atoms with Crippen LogP contribution in [0.2, 0.25) is 0 Å². The Morgan fingerprint density at radius 3 is 3.07 bits per heavy atom. The van der Waals surface area contributed by atoms with Crippen molar-refractivity contribution in [2.24, 2.45) is 5.73 Å². The zero-order valence-corrected chi connectivity index (χ0v) is 8.24. The third-order valence-electron chi connectivity index (χ3n) is 2.71. The molecule has 2 heteroatoms. The molecule has 0 spiro atoms. The molecule has 0 amide bonds. The summed E-state index contributed by atoms with van der Waals surface area (Å²) in [4.78, 5) is 0. The first kappa shape index (κ1) is 9.28. The number of fused-ring (bicyclic) bond motifs is 1. The lowest BCUT2D eigenvalue weighted by atomic mass is 9.92. The van der Waals surface area contributed by atoms with Gasteiger partial charge < -0.3 is 11.1 Å². The fourth-order valence-electron chi connectivity index (χ4n) is 2.02. The Balaban J connectivity index is 2.24. The fourth-order valence-corrected chi connectivity index (χ4v) is 2.02. The maximum atomic E-state index is 6.09. The van der Waals surface area contributed by atoms with Gasteiger partial charge in [-0.2, -0.15) is 0 Å². The van der Waals surface area contributed by atoms with Crippen LogP contribution in [0.15, 0.2) is 36.9 Å². The van der Waals surface area contributed by atoms with Gasteiger partial charge in [-0.05, 0) is 24.5 Å². The molecule has 0 bridgehead atoms. The highest BCUT2D eigenvalue weighted by Crippen LogP contribution is 2.31. The van der Waals surface area contributed by atoms with Crippen molar-refractivity contribution in [1.82, 2.24) is 0 Å². The number of anilines is 1. The van der Waals surface area contributed by atoms with E-state index in [1.54, 1.807) is 0 Å². The summed E-state index contributed by atoms with van der Waals surface area (Å²) in [6, 6.07) is 8.86. The minimum atomic E-state index is 0.164. The highest BCUT2D eigenvalue weighted by Gasteiger charge is 2.22. The summed E-state index contributed by atoms with van der Waals surface area (Å²) in [7, 11) is 0. The third kappa shape index (κ3) is 1.66. The van der Waals surface area contributed by atoms with Crippen LogP contribution in [-0.2, 0) is 0 Å². The van der Waals surface area contributed by atoms with E-state index in [4.69, 9.17) is 5.73 Å². The molecule has 14 heavy (non-hydrogen) atoms. The first-order valence-corrected chi connectivity index (χ1v) is 5.03. The maximum Gasteiger partial charge on any atom is 0.0390 e. The zero-order chi connectivity index (χ0) is 9.97. The van der Waals surface area contributed by atoms with E-state index in [-0.39, 0.29) is 6.04 Å². The molecule has 2 atom stereocenters. The van der Waals surface area contributed by atoms with Gasteiger partial charge in [0, 0.05) is 17.8 Å². The molecule has 0 fully saturated rings. The van der Waals surface area contributed by atoms with E-state index >= 15 is 0 Å². The zero-order valence-electron chi connectivity index (χ0n) is 8.24. The van der Waals surface area contributed by atoms with Gasteiger partial charge in [0.25, 0.3) is 0 Å². The number of nitrogens with two attached hydrogens (primary N) is 1. The van der Waals surface area contributed by atoms with Crippen molar-refractivity contribution in [1.29, 1.82) is 0 Å². The van der Waals surface area contributed by atoms with Gasteiger partial charge in [-0.3, -0.25) is 0 Å². The molecule has 0 aromatic heterocycles. The Kier molecular flexibility index (Phi) is 2.55. The molecule has 0 aliphatic carbocycles. The summed E-state index contributed by atoms with van der Waals surface area (Å²) in [6.45, 7) is 3.75. The molecule has 1 aliphatic rings. The Morgan fingerprint density at radius 2 is 2.29 bits per heavy atom. The number of hydrogen-bond acceptors (Lipinski definition) is 2. The second-order valence-corrected chi connectivity index (χ2v) is 3.80. The van der Waals surface area contributed by atoms with Crippen molar-refractivity contribution >= 4 is 5.69 Å². The van der Waals surface area contributed by atoms with E-state index in [0.717, 1.165) is 12.8 Å². The average Bonchev–Trinajstić information content (AvgIpc) is 2.18. The van der Waals surface area contributed by atoms with E-state index in [0.29, 0.717) is 6.04 Å². The molecule has 0 unspecified atom stereocenters. The lowest BCUT2D eigenvalue weighted by Gasteiger charge is -2.30. The molecule has 1 aromatic rings. The minimum Gasteiger partial charge on any atom is -0.382 e. The van der Waals surface area contributed by atoms with Crippen molar-refractivity contribution in [2.45, 2.75) is 24.9 Å². The van der Waals surface area contributed by atoms with Crippen LogP contribution in [0.5, 0.6) is 0 Å². The van der Waals surface area contributed by atoms with Crippen molar-refractivity contribution in [2.75, 3.05) is 5.32 Å². The van der Waals surface area contributed by atoms with Gasteiger partial charge in [0.2, 0.25) is 0 Å². The second kappa shape index (κ2) is 3.84. The molecule has 0 saturated heterocycles. The lowest BCUT2D eigenvalue weighted by Crippen LogP contribution is -2.31. The monoisotopic (exact) mass is 188 g/mol. The number of nitrogens with one attached hydrogen (secondary N) is 1.